The fourth-order valence-electron chi connectivity index (χ4n) is 2.68. The largest absolute Gasteiger partial charge is 0.396 e. The van der Waals surface area contributed by atoms with E-state index >= 15 is 0 Å². The number of benzene rings is 1. The van der Waals surface area contributed by atoms with Crippen molar-refractivity contribution in [2.75, 3.05) is 6.61 Å². The number of aromatic nitrogens is 2. The van der Waals surface area contributed by atoms with Crippen LogP contribution in [-0.2, 0) is 13.1 Å². The Morgan fingerprint density at radius 1 is 1.26 bits per heavy atom. The molecule has 1 heterocycles. The van der Waals surface area contributed by atoms with Gasteiger partial charge in [-0.05, 0) is 51.3 Å². The van der Waals surface area contributed by atoms with Gasteiger partial charge in [0.15, 0.2) is 0 Å². The molecule has 0 aliphatic carbocycles. The summed E-state index contributed by atoms with van der Waals surface area (Å²) < 4.78 is 2.05. The van der Waals surface area contributed by atoms with Gasteiger partial charge in [-0.25, -0.2) is 0 Å². The van der Waals surface area contributed by atoms with Crippen molar-refractivity contribution in [1.82, 2.24) is 15.1 Å². The summed E-state index contributed by atoms with van der Waals surface area (Å²) in [4.78, 5) is 0. The Morgan fingerprint density at radius 3 is 2.61 bits per heavy atom. The molecule has 0 aliphatic rings. The van der Waals surface area contributed by atoms with E-state index in [0.29, 0.717) is 6.04 Å². The summed E-state index contributed by atoms with van der Waals surface area (Å²) in [6.45, 7) is 8.14. The van der Waals surface area contributed by atoms with E-state index in [1.807, 2.05) is 28.9 Å². The van der Waals surface area contributed by atoms with Gasteiger partial charge in [0.25, 0.3) is 0 Å². The van der Waals surface area contributed by atoms with Crippen LogP contribution in [0.2, 0.25) is 5.02 Å². The molecule has 0 aliphatic heterocycles. The van der Waals surface area contributed by atoms with E-state index in [1.165, 1.54) is 16.8 Å². The van der Waals surface area contributed by atoms with Crippen molar-refractivity contribution < 1.29 is 5.11 Å². The van der Waals surface area contributed by atoms with E-state index < -0.39 is 0 Å². The number of nitrogens with one attached hydrogen (secondary N) is 1. The zero-order valence-electron chi connectivity index (χ0n) is 14.1. The highest BCUT2D eigenvalue weighted by Crippen LogP contribution is 2.16. The Morgan fingerprint density at radius 2 is 1.96 bits per heavy atom. The summed E-state index contributed by atoms with van der Waals surface area (Å²) in [6, 6.07) is 8.28. The van der Waals surface area contributed by atoms with Crippen molar-refractivity contribution in [2.45, 2.75) is 52.7 Å². The van der Waals surface area contributed by atoms with Gasteiger partial charge in [-0.3, -0.25) is 4.68 Å². The molecule has 0 amide bonds. The van der Waals surface area contributed by atoms with Crippen LogP contribution in [0.1, 0.15) is 42.3 Å². The lowest BCUT2D eigenvalue weighted by Gasteiger charge is -2.13. The fourth-order valence-corrected chi connectivity index (χ4v) is 2.81. The van der Waals surface area contributed by atoms with Crippen LogP contribution in [0.15, 0.2) is 24.3 Å². The standard InChI is InChI=1S/C18H26ClN3O/c1-13(5-4-10-23)20-11-18-14(2)21-22(15(18)3)12-16-6-8-17(19)9-7-16/h6-9,13,20,23H,4-5,10-12H2,1-3H3. The first-order valence-electron chi connectivity index (χ1n) is 8.12. The highest BCUT2D eigenvalue weighted by Gasteiger charge is 2.12. The smallest absolute Gasteiger partial charge is 0.0662 e. The van der Waals surface area contributed by atoms with Crippen LogP contribution in [0.4, 0.5) is 0 Å². The van der Waals surface area contributed by atoms with E-state index in [1.54, 1.807) is 0 Å². The highest BCUT2D eigenvalue weighted by molar-refractivity contribution is 6.30. The molecule has 2 N–H and O–H groups in total. The molecule has 0 radical (unpaired) electrons. The number of rotatable bonds is 8. The normalized spacial score (nSPS) is 12.6. The molecule has 23 heavy (non-hydrogen) atoms. The molecular weight excluding hydrogens is 310 g/mol. The van der Waals surface area contributed by atoms with Gasteiger partial charge in [-0.2, -0.15) is 5.10 Å². The monoisotopic (exact) mass is 335 g/mol. The summed E-state index contributed by atoms with van der Waals surface area (Å²) >= 11 is 5.94. The van der Waals surface area contributed by atoms with Crippen molar-refractivity contribution in [3.8, 4) is 0 Å². The van der Waals surface area contributed by atoms with Crippen LogP contribution >= 0.6 is 11.6 Å². The summed E-state index contributed by atoms with van der Waals surface area (Å²) in [5, 5.41) is 17.8. The molecule has 5 heteroatoms. The zero-order chi connectivity index (χ0) is 16.8. The van der Waals surface area contributed by atoms with Crippen molar-refractivity contribution >= 4 is 11.6 Å². The molecule has 1 aromatic heterocycles. The zero-order valence-corrected chi connectivity index (χ0v) is 14.9. The minimum Gasteiger partial charge on any atom is -0.396 e. The Kier molecular flexibility index (Phi) is 6.63. The number of hydrogen-bond donors (Lipinski definition) is 2. The second-order valence-corrected chi connectivity index (χ2v) is 6.52. The molecule has 1 aromatic carbocycles. The van der Waals surface area contributed by atoms with Gasteiger partial charge in [-0.1, -0.05) is 23.7 Å². The molecule has 0 saturated carbocycles. The van der Waals surface area contributed by atoms with E-state index in [2.05, 4.69) is 31.2 Å². The molecule has 1 unspecified atom stereocenters. The van der Waals surface area contributed by atoms with Crippen molar-refractivity contribution in [3.63, 3.8) is 0 Å². The van der Waals surface area contributed by atoms with Crippen molar-refractivity contribution in [1.29, 1.82) is 0 Å². The van der Waals surface area contributed by atoms with Gasteiger partial charge in [-0.15, -0.1) is 0 Å². The average Bonchev–Trinajstić information content (AvgIpc) is 2.79. The summed E-state index contributed by atoms with van der Waals surface area (Å²) in [6.07, 6.45) is 1.81. The molecule has 2 aromatic rings. The maximum Gasteiger partial charge on any atom is 0.0662 e. The number of aryl methyl sites for hydroxylation is 1. The molecule has 126 valence electrons. The lowest BCUT2D eigenvalue weighted by molar-refractivity contribution is 0.276. The minimum absolute atomic E-state index is 0.253. The predicted molar refractivity (Wildman–Crippen MR) is 94.9 cm³/mol. The Hall–Kier alpha value is -1.36. The third kappa shape index (κ3) is 5.06. The maximum atomic E-state index is 8.90. The van der Waals surface area contributed by atoms with Crippen molar-refractivity contribution in [3.05, 3.63) is 51.8 Å². The topological polar surface area (TPSA) is 50.1 Å². The summed E-state index contributed by atoms with van der Waals surface area (Å²) in [5.74, 6) is 0. The van der Waals surface area contributed by atoms with Crippen LogP contribution in [0.25, 0.3) is 0 Å². The lowest BCUT2D eigenvalue weighted by atomic mass is 10.1. The van der Waals surface area contributed by atoms with E-state index in [4.69, 9.17) is 16.7 Å². The molecule has 0 fully saturated rings. The summed E-state index contributed by atoms with van der Waals surface area (Å²) in [7, 11) is 0. The second kappa shape index (κ2) is 8.48. The minimum atomic E-state index is 0.253. The number of aliphatic hydroxyl groups excluding tert-OH is 1. The molecule has 4 nitrogen and oxygen atoms in total. The number of hydrogen-bond acceptors (Lipinski definition) is 3. The first-order chi connectivity index (χ1) is 11.0. The number of nitrogens with zero attached hydrogens (tertiary/aromatic N) is 2. The molecule has 0 saturated heterocycles. The van der Waals surface area contributed by atoms with E-state index in [9.17, 15) is 0 Å². The van der Waals surface area contributed by atoms with Gasteiger partial charge >= 0.3 is 0 Å². The van der Waals surface area contributed by atoms with Crippen LogP contribution in [0.3, 0.4) is 0 Å². The quantitative estimate of drug-likeness (QED) is 0.776. The van der Waals surface area contributed by atoms with Gasteiger partial charge < -0.3 is 10.4 Å². The van der Waals surface area contributed by atoms with Crippen LogP contribution in [0.5, 0.6) is 0 Å². The van der Waals surface area contributed by atoms with Gasteiger partial charge in [0.05, 0.1) is 12.2 Å². The molecule has 2 rings (SSSR count). The van der Waals surface area contributed by atoms with Gasteiger partial charge in [0.1, 0.15) is 0 Å². The van der Waals surface area contributed by atoms with Crippen molar-refractivity contribution in [2.24, 2.45) is 0 Å². The SMILES string of the molecule is Cc1nn(Cc2ccc(Cl)cc2)c(C)c1CNC(C)CCCO. The molecule has 0 spiro atoms. The van der Waals surface area contributed by atoms with Crippen LogP contribution < -0.4 is 5.32 Å². The van der Waals surface area contributed by atoms with Crippen LogP contribution in [-0.4, -0.2) is 27.5 Å². The average molecular weight is 336 g/mol. The molecule has 1 atom stereocenters. The van der Waals surface area contributed by atoms with Gasteiger partial charge in [0.2, 0.25) is 0 Å². The Bertz CT molecular complexity index is 622. The van der Waals surface area contributed by atoms with E-state index in [0.717, 1.165) is 36.6 Å². The molecule has 0 bridgehead atoms. The Labute approximate surface area is 143 Å². The number of aliphatic hydroxyl groups is 1. The third-order valence-electron chi connectivity index (χ3n) is 4.20. The first kappa shape index (κ1) is 18.0. The van der Waals surface area contributed by atoms with Gasteiger partial charge in [0, 0.05) is 35.5 Å². The van der Waals surface area contributed by atoms with E-state index in [-0.39, 0.29) is 6.61 Å². The first-order valence-corrected chi connectivity index (χ1v) is 8.50. The second-order valence-electron chi connectivity index (χ2n) is 6.08. The fraction of sp³-hybridized carbons (Fsp3) is 0.500. The lowest BCUT2D eigenvalue weighted by Crippen LogP contribution is -2.26. The molecular formula is C18H26ClN3O. The van der Waals surface area contributed by atoms with Crippen LogP contribution in [0, 0.1) is 13.8 Å². The number of halogens is 1. The highest BCUT2D eigenvalue weighted by atomic mass is 35.5. The maximum absolute atomic E-state index is 8.90. The predicted octanol–water partition coefficient (Wildman–Crippen LogP) is 3.45. The summed E-state index contributed by atoms with van der Waals surface area (Å²) in [5.41, 5.74) is 4.71. The Balaban J connectivity index is 2.02. The third-order valence-corrected chi connectivity index (χ3v) is 4.45.